The summed E-state index contributed by atoms with van der Waals surface area (Å²) in [6, 6.07) is 0. The van der Waals surface area contributed by atoms with Crippen LogP contribution in [0.2, 0.25) is 0 Å². The molecule has 1 aliphatic rings. The summed E-state index contributed by atoms with van der Waals surface area (Å²) < 4.78 is 1.41. The Kier molecular flexibility index (Phi) is 4.96. The Morgan fingerprint density at radius 3 is 2.69 bits per heavy atom. The fourth-order valence-corrected chi connectivity index (χ4v) is 3.78. The number of ketones is 1. The topological polar surface area (TPSA) is 17.1 Å². The second-order valence-electron chi connectivity index (χ2n) is 3.26. The van der Waals surface area contributed by atoms with E-state index in [9.17, 15) is 4.79 Å². The Morgan fingerprint density at radius 2 is 2.15 bits per heavy atom. The minimum absolute atomic E-state index is 0.373. The van der Waals surface area contributed by atoms with Crippen molar-refractivity contribution in [2.24, 2.45) is 5.92 Å². The van der Waals surface area contributed by atoms with Crippen molar-refractivity contribution >= 4 is 29.3 Å². The highest BCUT2D eigenvalue weighted by atomic mass is 32.2. The summed E-state index contributed by atoms with van der Waals surface area (Å²) in [4.78, 5) is 11.2. The summed E-state index contributed by atoms with van der Waals surface area (Å²) in [6.07, 6.45) is 3.63. The molecule has 0 bridgehead atoms. The maximum absolute atomic E-state index is 11.2. The molecule has 3 heteroatoms. The Bertz CT molecular complexity index is 203. The molecule has 1 fully saturated rings. The van der Waals surface area contributed by atoms with Crippen LogP contribution in [-0.4, -0.2) is 17.3 Å². The summed E-state index contributed by atoms with van der Waals surface area (Å²) in [6.45, 7) is 4.06. The minimum Gasteiger partial charge on any atom is -0.300 e. The van der Waals surface area contributed by atoms with Crippen LogP contribution in [0.5, 0.6) is 0 Å². The first kappa shape index (κ1) is 11.2. The van der Waals surface area contributed by atoms with E-state index >= 15 is 0 Å². The minimum atomic E-state index is 0.373. The molecule has 0 aromatic rings. The molecule has 0 amide bonds. The van der Waals surface area contributed by atoms with Crippen LogP contribution >= 0.6 is 23.5 Å². The zero-order chi connectivity index (χ0) is 9.68. The van der Waals surface area contributed by atoms with Crippen LogP contribution < -0.4 is 0 Å². The van der Waals surface area contributed by atoms with Gasteiger partial charge in [0.15, 0.2) is 0 Å². The van der Waals surface area contributed by atoms with Crippen LogP contribution in [-0.2, 0) is 4.79 Å². The van der Waals surface area contributed by atoms with Gasteiger partial charge in [0.2, 0.25) is 0 Å². The van der Waals surface area contributed by atoms with E-state index < -0.39 is 0 Å². The number of rotatable bonds is 4. The van der Waals surface area contributed by atoms with E-state index in [1.807, 2.05) is 30.4 Å². The third kappa shape index (κ3) is 4.23. The SMILES string of the molecule is CCC(=O)CC(C)C=C1SCCS1. The van der Waals surface area contributed by atoms with E-state index in [4.69, 9.17) is 0 Å². The zero-order valence-electron chi connectivity index (χ0n) is 8.21. The summed E-state index contributed by atoms with van der Waals surface area (Å²) in [5, 5.41) is 0. The molecule has 0 aromatic carbocycles. The van der Waals surface area contributed by atoms with Crippen molar-refractivity contribution in [3.63, 3.8) is 0 Å². The van der Waals surface area contributed by atoms with Crippen molar-refractivity contribution < 1.29 is 4.79 Å². The zero-order valence-corrected chi connectivity index (χ0v) is 9.84. The van der Waals surface area contributed by atoms with Crippen molar-refractivity contribution in [1.82, 2.24) is 0 Å². The van der Waals surface area contributed by atoms with E-state index in [2.05, 4.69) is 13.0 Å². The van der Waals surface area contributed by atoms with E-state index in [0.717, 1.165) is 0 Å². The smallest absolute Gasteiger partial charge is 0.133 e. The van der Waals surface area contributed by atoms with E-state index in [0.29, 0.717) is 24.5 Å². The van der Waals surface area contributed by atoms with Crippen LogP contribution in [0.3, 0.4) is 0 Å². The standard InChI is InChI=1S/C10H16OS2/c1-3-9(11)6-8(2)7-10-12-4-5-13-10/h7-8H,3-6H2,1-2H3. The second kappa shape index (κ2) is 5.76. The van der Waals surface area contributed by atoms with Gasteiger partial charge in [-0.15, -0.1) is 23.5 Å². The Balaban J connectivity index is 2.34. The quantitative estimate of drug-likeness (QED) is 0.717. The fraction of sp³-hybridized carbons (Fsp3) is 0.700. The lowest BCUT2D eigenvalue weighted by molar-refractivity contribution is -0.119. The normalized spacial score (nSPS) is 18.8. The number of thioether (sulfide) groups is 2. The number of Topliss-reactive ketones (excluding diaryl/α,β-unsaturated/α-hetero) is 1. The van der Waals surface area contributed by atoms with Gasteiger partial charge in [0.25, 0.3) is 0 Å². The average Bonchev–Trinajstić information content (AvgIpc) is 2.56. The molecule has 1 aliphatic heterocycles. The molecule has 0 radical (unpaired) electrons. The van der Waals surface area contributed by atoms with Gasteiger partial charge in [-0.2, -0.15) is 0 Å². The summed E-state index contributed by atoms with van der Waals surface area (Å²) in [7, 11) is 0. The lowest BCUT2D eigenvalue weighted by Gasteiger charge is -2.04. The van der Waals surface area contributed by atoms with E-state index in [-0.39, 0.29) is 0 Å². The first-order chi connectivity index (χ1) is 6.22. The fourth-order valence-electron chi connectivity index (χ4n) is 1.22. The van der Waals surface area contributed by atoms with Gasteiger partial charge >= 0.3 is 0 Å². The van der Waals surface area contributed by atoms with Crippen molar-refractivity contribution in [3.05, 3.63) is 10.3 Å². The largest absolute Gasteiger partial charge is 0.300 e. The predicted molar refractivity (Wildman–Crippen MR) is 62.1 cm³/mol. The van der Waals surface area contributed by atoms with Gasteiger partial charge in [0, 0.05) is 28.6 Å². The third-order valence-electron chi connectivity index (χ3n) is 1.94. The van der Waals surface area contributed by atoms with Gasteiger partial charge in [0.1, 0.15) is 5.78 Å². The molecule has 0 aliphatic carbocycles. The van der Waals surface area contributed by atoms with Gasteiger partial charge in [-0.1, -0.05) is 19.9 Å². The highest BCUT2D eigenvalue weighted by Crippen LogP contribution is 2.37. The first-order valence-electron chi connectivity index (χ1n) is 4.71. The van der Waals surface area contributed by atoms with Crippen LogP contribution in [0.15, 0.2) is 10.3 Å². The van der Waals surface area contributed by atoms with E-state index in [1.54, 1.807) is 0 Å². The maximum atomic E-state index is 11.2. The molecule has 0 aromatic heterocycles. The molecule has 1 atom stereocenters. The van der Waals surface area contributed by atoms with Gasteiger partial charge in [-0.05, 0) is 5.92 Å². The summed E-state index contributed by atoms with van der Waals surface area (Å²) in [5.41, 5.74) is 0. The Hall–Kier alpha value is 0.110. The molecule has 1 nitrogen and oxygen atoms in total. The average molecular weight is 216 g/mol. The molecule has 1 unspecified atom stereocenters. The molecular formula is C10H16OS2. The highest BCUT2D eigenvalue weighted by Gasteiger charge is 2.11. The first-order valence-corrected chi connectivity index (χ1v) is 6.68. The maximum Gasteiger partial charge on any atom is 0.133 e. The molecule has 1 heterocycles. The van der Waals surface area contributed by atoms with Crippen molar-refractivity contribution in [2.75, 3.05) is 11.5 Å². The second-order valence-corrected chi connectivity index (χ2v) is 5.79. The lowest BCUT2D eigenvalue weighted by atomic mass is 10.0. The number of hydrogen-bond acceptors (Lipinski definition) is 3. The van der Waals surface area contributed by atoms with Crippen LogP contribution in [0, 0.1) is 5.92 Å². The van der Waals surface area contributed by atoms with Crippen LogP contribution in [0.1, 0.15) is 26.7 Å². The molecule has 0 N–H and O–H groups in total. The third-order valence-corrected chi connectivity index (χ3v) is 4.56. The molecule has 13 heavy (non-hydrogen) atoms. The molecular weight excluding hydrogens is 200 g/mol. The number of hydrogen-bond donors (Lipinski definition) is 0. The Morgan fingerprint density at radius 1 is 1.54 bits per heavy atom. The van der Waals surface area contributed by atoms with Gasteiger partial charge < -0.3 is 0 Å². The van der Waals surface area contributed by atoms with Crippen LogP contribution in [0.4, 0.5) is 0 Å². The molecule has 0 spiro atoms. The molecule has 0 saturated carbocycles. The predicted octanol–water partition coefficient (Wildman–Crippen LogP) is 3.31. The molecule has 74 valence electrons. The Labute approximate surface area is 88.7 Å². The van der Waals surface area contributed by atoms with Gasteiger partial charge in [-0.25, -0.2) is 0 Å². The van der Waals surface area contributed by atoms with Gasteiger partial charge in [-0.3, -0.25) is 4.79 Å². The van der Waals surface area contributed by atoms with Crippen molar-refractivity contribution in [3.8, 4) is 0 Å². The van der Waals surface area contributed by atoms with Crippen molar-refractivity contribution in [1.29, 1.82) is 0 Å². The number of carbonyl (C=O) groups is 1. The van der Waals surface area contributed by atoms with Gasteiger partial charge in [0.05, 0.1) is 0 Å². The molecule has 1 rings (SSSR count). The summed E-state index contributed by atoms with van der Waals surface area (Å²) >= 11 is 3.84. The monoisotopic (exact) mass is 216 g/mol. The number of carbonyl (C=O) groups excluding carboxylic acids is 1. The summed E-state index contributed by atoms with van der Waals surface area (Å²) in [5.74, 6) is 3.24. The van der Waals surface area contributed by atoms with Crippen LogP contribution in [0.25, 0.3) is 0 Å². The highest BCUT2D eigenvalue weighted by molar-refractivity contribution is 8.25. The lowest BCUT2D eigenvalue weighted by Crippen LogP contribution is -2.01. The van der Waals surface area contributed by atoms with E-state index in [1.165, 1.54) is 15.7 Å². The van der Waals surface area contributed by atoms with Crippen molar-refractivity contribution in [2.45, 2.75) is 26.7 Å². The number of allylic oxidation sites excluding steroid dienone is 1. The molecule has 1 saturated heterocycles.